The maximum atomic E-state index is 14.7. The summed E-state index contributed by atoms with van der Waals surface area (Å²) in [6.07, 6.45) is 6.01. The van der Waals surface area contributed by atoms with Crippen molar-refractivity contribution in [3.05, 3.63) is 34.6 Å². The molecule has 4 atom stereocenters. The minimum atomic E-state index is -0.188. The number of likely N-dealkylation sites (tertiary alicyclic amines) is 1. The first-order chi connectivity index (χ1) is 13.2. The summed E-state index contributed by atoms with van der Waals surface area (Å²) in [5.74, 6) is 0.395. The van der Waals surface area contributed by atoms with E-state index in [9.17, 15) is 4.39 Å². The lowest BCUT2D eigenvalue weighted by Crippen LogP contribution is -2.51. The van der Waals surface area contributed by atoms with Crippen LogP contribution in [0.2, 0.25) is 5.02 Å². The van der Waals surface area contributed by atoms with E-state index in [1.54, 1.807) is 6.07 Å². The summed E-state index contributed by atoms with van der Waals surface area (Å²) in [4.78, 5) is 2.39. The third kappa shape index (κ3) is 4.48. The molecule has 0 spiro atoms. The van der Waals surface area contributed by atoms with Crippen molar-refractivity contribution in [3.8, 4) is 0 Å². The number of morpholine rings is 1. The van der Waals surface area contributed by atoms with Crippen LogP contribution < -0.4 is 10.6 Å². The summed E-state index contributed by atoms with van der Waals surface area (Å²) in [6.45, 7) is 5.33. The van der Waals surface area contributed by atoms with Crippen LogP contribution in [0.5, 0.6) is 0 Å². The summed E-state index contributed by atoms with van der Waals surface area (Å²) in [6, 6.07) is 5.92. The van der Waals surface area contributed by atoms with Gasteiger partial charge in [-0.05, 0) is 56.8 Å². The Hall–Kier alpha value is -0.720. The Balaban J connectivity index is 1.47. The SMILES string of the molecule is Fc1cccc(Cl)c1C(CNC1CCCC1C1COCCN1)N1CCCC1. The van der Waals surface area contributed by atoms with Crippen molar-refractivity contribution in [2.75, 3.05) is 39.4 Å². The van der Waals surface area contributed by atoms with Gasteiger partial charge in [0.1, 0.15) is 5.82 Å². The summed E-state index contributed by atoms with van der Waals surface area (Å²) >= 11 is 6.43. The molecule has 3 fully saturated rings. The van der Waals surface area contributed by atoms with Gasteiger partial charge in [-0.2, -0.15) is 0 Å². The Morgan fingerprint density at radius 2 is 2.11 bits per heavy atom. The summed E-state index contributed by atoms with van der Waals surface area (Å²) in [7, 11) is 0. The Bertz CT molecular complexity index is 599. The van der Waals surface area contributed by atoms with E-state index in [1.165, 1.54) is 38.2 Å². The van der Waals surface area contributed by atoms with Crippen molar-refractivity contribution in [1.29, 1.82) is 0 Å². The molecule has 1 saturated carbocycles. The topological polar surface area (TPSA) is 36.5 Å². The molecule has 0 radical (unpaired) electrons. The average molecular weight is 396 g/mol. The molecule has 4 rings (SSSR count). The second-order valence-electron chi connectivity index (χ2n) is 8.14. The van der Waals surface area contributed by atoms with Crippen LogP contribution in [-0.4, -0.2) is 56.4 Å². The van der Waals surface area contributed by atoms with Crippen LogP contribution in [0.25, 0.3) is 0 Å². The number of hydrogen-bond donors (Lipinski definition) is 2. The maximum absolute atomic E-state index is 14.7. The molecule has 4 nitrogen and oxygen atoms in total. The van der Waals surface area contributed by atoms with E-state index < -0.39 is 0 Å². The second-order valence-corrected chi connectivity index (χ2v) is 8.55. The molecule has 0 aromatic heterocycles. The van der Waals surface area contributed by atoms with Gasteiger partial charge in [-0.1, -0.05) is 24.1 Å². The minimum Gasteiger partial charge on any atom is -0.379 e. The Labute approximate surface area is 166 Å². The molecule has 1 aromatic rings. The first-order valence-electron chi connectivity index (χ1n) is 10.5. The molecule has 4 unspecified atom stereocenters. The van der Waals surface area contributed by atoms with E-state index in [4.69, 9.17) is 16.3 Å². The van der Waals surface area contributed by atoms with Crippen LogP contribution in [-0.2, 0) is 4.74 Å². The highest BCUT2D eigenvalue weighted by atomic mass is 35.5. The van der Waals surface area contributed by atoms with Crippen molar-refractivity contribution in [2.45, 2.75) is 50.2 Å². The Morgan fingerprint density at radius 1 is 1.26 bits per heavy atom. The molecule has 0 amide bonds. The number of halogens is 2. The van der Waals surface area contributed by atoms with Crippen LogP contribution in [0.3, 0.4) is 0 Å². The molecule has 2 N–H and O–H groups in total. The van der Waals surface area contributed by atoms with E-state index in [-0.39, 0.29) is 11.9 Å². The molecule has 0 bridgehead atoms. The lowest BCUT2D eigenvalue weighted by Gasteiger charge is -2.35. The standard InChI is InChI=1S/C21H31ClFN3O/c22-16-6-4-7-17(23)21(16)20(26-10-1-2-11-26)13-25-18-8-3-5-15(18)19-14-27-12-9-24-19/h4,6-7,15,18-20,24-25H,1-3,5,8-14H2. The van der Waals surface area contributed by atoms with Crippen molar-refractivity contribution < 1.29 is 9.13 Å². The molecule has 3 aliphatic rings. The molecule has 150 valence electrons. The van der Waals surface area contributed by atoms with Crippen molar-refractivity contribution in [3.63, 3.8) is 0 Å². The zero-order valence-corrected chi connectivity index (χ0v) is 16.7. The van der Waals surface area contributed by atoms with Gasteiger partial charge < -0.3 is 15.4 Å². The molecular formula is C21H31ClFN3O. The molecule has 2 saturated heterocycles. The van der Waals surface area contributed by atoms with Gasteiger partial charge in [0.25, 0.3) is 0 Å². The maximum Gasteiger partial charge on any atom is 0.129 e. The third-order valence-electron chi connectivity index (χ3n) is 6.52. The molecular weight excluding hydrogens is 365 g/mol. The minimum absolute atomic E-state index is 0.00184. The van der Waals surface area contributed by atoms with E-state index in [1.807, 2.05) is 6.07 Å². The molecule has 27 heavy (non-hydrogen) atoms. The number of hydrogen-bond acceptors (Lipinski definition) is 4. The third-order valence-corrected chi connectivity index (χ3v) is 6.85. The number of nitrogens with zero attached hydrogens (tertiary/aromatic N) is 1. The first kappa shape index (κ1) is 19.6. The predicted molar refractivity (Wildman–Crippen MR) is 107 cm³/mol. The van der Waals surface area contributed by atoms with E-state index in [0.717, 1.165) is 39.4 Å². The largest absolute Gasteiger partial charge is 0.379 e. The van der Waals surface area contributed by atoms with Crippen molar-refractivity contribution in [1.82, 2.24) is 15.5 Å². The number of nitrogens with one attached hydrogen (secondary N) is 2. The molecule has 1 aromatic carbocycles. The summed E-state index contributed by atoms with van der Waals surface area (Å²) in [5.41, 5.74) is 0.655. The molecule has 1 aliphatic carbocycles. The number of rotatable bonds is 6. The number of ether oxygens (including phenoxy) is 1. The molecule has 2 aliphatic heterocycles. The van der Waals surface area contributed by atoms with E-state index in [0.29, 0.717) is 28.6 Å². The van der Waals surface area contributed by atoms with Crippen LogP contribution in [0.4, 0.5) is 4.39 Å². The van der Waals surface area contributed by atoms with Crippen LogP contribution >= 0.6 is 11.6 Å². The Morgan fingerprint density at radius 3 is 2.85 bits per heavy atom. The first-order valence-corrected chi connectivity index (χ1v) is 10.8. The van der Waals surface area contributed by atoms with Crippen LogP contribution in [0.1, 0.15) is 43.7 Å². The fourth-order valence-corrected chi connectivity index (χ4v) is 5.43. The Kier molecular flexibility index (Phi) is 6.66. The monoisotopic (exact) mass is 395 g/mol. The highest BCUT2D eigenvalue weighted by Crippen LogP contribution is 2.34. The average Bonchev–Trinajstić information content (AvgIpc) is 3.37. The van der Waals surface area contributed by atoms with Gasteiger partial charge in [0.15, 0.2) is 0 Å². The van der Waals surface area contributed by atoms with Gasteiger partial charge in [-0.3, -0.25) is 4.90 Å². The van der Waals surface area contributed by atoms with Gasteiger partial charge in [-0.15, -0.1) is 0 Å². The lowest BCUT2D eigenvalue weighted by atomic mass is 9.93. The van der Waals surface area contributed by atoms with Gasteiger partial charge in [-0.25, -0.2) is 4.39 Å². The summed E-state index contributed by atoms with van der Waals surface area (Å²) in [5, 5.41) is 7.96. The smallest absolute Gasteiger partial charge is 0.129 e. The van der Waals surface area contributed by atoms with Crippen LogP contribution in [0.15, 0.2) is 18.2 Å². The lowest BCUT2D eigenvalue weighted by molar-refractivity contribution is 0.0519. The quantitative estimate of drug-likeness (QED) is 0.774. The highest BCUT2D eigenvalue weighted by molar-refractivity contribution is 6.31. The van der Waals surface area contributed by atoms with Gasteiger partial charge in [0.05, 0.1) is 19.3 Å². The highest BCUT2D eigenvalue weighted by Gasteiger charge is 2.36. The fourth-order valence-electron chi connectivity index (χ4n) is 5.14. The normalized spacial score (nSPS) is 30.7. The second kappa shape index (κ2) is 9.19. The number of benzene rings is 1. The van der Waals surface area contributed by atoms with E-state index in [2.05, 4.69) is 15.5 Å². The van der Waals surface area contributed by atoms with Gasteiger partial charge >= 0.3 is 0 Å². The van der Waals surface area contributed by atoms with Crippen molar-refractivity contribution in [2.24, 2.45) is 5.92 Å². The van der Waals surface area contributed by atoms with Crippen molar-refractivity contribution >= 4 is 11.6 Å². The molecule has 6 heteroatoms. The van der Waals surface area contributed by atoms with Gasteiger partial charge in [0, 0.05) is 35.8 Å². The zero-order valence-electron chi connectivity index (χ0n) is 15.9. The molecule has 2 heterocycles. The summed E-state index contributed by atoms with van der Waals surface area (Å²) < 4.78 is 20.3. The zero-order chi connectivity index (χ0) is 18.6. The predicted octanol–water partition coefficient (Wildman–Crippen LogP) is 3.36. The van der Waals surface area contributed by atoms with E-state index >= 15 is 0 Å². The van der Waals surface area contributed by atoms with Crippen LogP contribution in [0, 0.1) is 11.7 Å². The fraction of sp³-hybridized carbons (Fsp3) is 0.714. The van der Waals surface area contributed by atoms with Gasteiger partial charge in [0.2, 0.25) is 0 Å².